The first-order valence-electron chi connectivity index (χ1n) is 10.4. The van der Waals surface area contributed by atoms with Gasteiger partial charge in [-0.2, -0.15) is 0 Å². The second-order valence-corrected chi connectivity index (χ2v) is 8.92. The molecular formula is C23H34O5S. The molecule has 162 valence electrons. The number of carboxylic acid groups (broad SMARTS) is 1. The summed E-state index contributed by atoms with van der Waals surface area (Å²) >= 11 is 1.76. The second kappa shape index (κ2) is 12.3. The number of hydrogen-bond acceptors (Lipinski definition) is 5. The number of ether oxygens (including phenoxy) is 1. The Kier molecular flexibility index (Phi) is 10.1. The molecule has 1 heterocycles. The van der Waals surface area contributed by atoms with E-state index in [-0.39, 0.29) is 24.4 Å². The van der Waals surface area contributed by atoms with Gasteiger partial charge in [-0.05, 0) is 62.0 Å². The molecule has 2 rings (SSSR count). The van der Waals surface area contributed by atoms with Gasteiger partial charge < -0.3 is 20.1 Å². The predicted octanol–water partition coefficient (Wildman–Crippen LogP) is 4.12. The van der Waals surface area contributed by atoms with Gasteiger partial charge in [-0.15, -0.1) is 11.3 Å². The highest BCUT2D eigenvalue weighted by Crippen LogP contribution is 2.36. The molecule has 1 saturated carbocycles. The van der Waals surface area contributed by atoms with Crippen molar-refractivity contribution in [3.05, 3.63) is 46.2 Å². The van der Waals surface area contributed by atoms with Crippen molar-refractivity contribution in [1.29, 1.82) is 0 Å². The summed E-state index contributed by atoms with van der Waals surface area (Å²) in [4.78, 5) is 11.9. The lowest BCUT2D eigenvalue weighted by molar-refractivity contribution is -0.137. The predicted molar refractivity (Wildman–Crippen MR) is 116 cm³/mol. The molecule has 4 unspecified atom stereocenters. The number of hydrogen-bond donors (Lipinski definition) is 3. The molecule has 1 aliphatic rings. The van der Waals surface area contributed by atoms with E-state index in [1.165, 1.54) is 10.4 Å². The first-order chi connectivity index (χ1) is 13.9. The highest BCUT2D eigenvalue weighted by molar-refractivity contribution is 7.10. The monoisotopic (exact) mass is 422 g/mol. The van der Waals surface area contributed by atoms with Crippen molar-refractivity contribution < 1.29 is 24.9 Å². The van der Waals surface area contributed by atoms with Gasteiger partial charge in [-0.25, -0.2) is 0 Å². The van der Waals surface area contributed by atoms with Crippen LogP contribution < -0.4 is 0 Å². The number of carbonyl (C=O) groups is 1. The number of allylic oxidation sites excluding steroid dienone is 2. The minimum Gasteiger partial charge on any atom is -0.481 e. The average Bonchev–Trinajstić information content (AvgIpc) is 3.20. The van der Waals surface area contributed by atoms with E-state index in [0.29, 0.717) is 25.7 Å². The minimum absolute atomic E-state index is 0.0218. The molecule has 0 amide bonds. The Bertz CT molecular complexity index is 681. The standard InChI is InChI=1S/C23H34O5S/c1-16-17(13-14-29-16)9-10-18(28-2)11-12-20-19(21(24)15-22(20)25)7-5-3-4-6-8-23(26)27/h3,5,11-14,18-22,24-25H,4,6-10,15H2,1-2H3,(H,26,27)/b5-3-,12-11+/t18?,19-,20?,21?,22?/m1/s1. The number of aliphatic carboxylic acids is 1. The highest BCUT2D eigenvalue weighted by Gasteiger charge is 2.39. The average molecular weight is 423 g/mol. The fourth-order valence-electron chi connectivity index (χ4n) is 3.96. The minimum atomic E-state index is -0.778. The summed E-state index contributed by atoms with van der Waals surface area (Å²) in [6.45, 7) is 2.13. The molecule has 1 aliphatic carbocycles. The van der Waals surface area contributed by atoms with Gasteiger partial charge in [0.1, 0.15) is 0 Å². The van der Waals surface area contributed by atoms with Gasteiger partial charge in [0, 0.05) is 30.7 Å². The van der Waals surface area contributed by atoms with Crippen LogP contribution in [0.5, 0.6) is 0 Å². The first kappa shape index (κ1) is 23.8. The molecule has 3 N–H and O–H groups in total. The molecule has 1 aromatic rings. The van der Waals surface area contributed by atoms with Crippen LogP contribution in [0.1, 0.15) is 49.0 Å². The molecule has 5 nitrogen and oxygen atoms in total. The third kappa shape index (κ3) is 7.70. The lowest BCUT2D eigenvalue weighted by atomic mass is 9.89. The summed E-state index contributed by atoms with van der Waals surface area (Å²) in [6.07, 6.45) is 11.3. The van der Waals surface area contributed by atoms with Crippen LogP contribution in [0.3, 0.4) is 0 Å². The SMILES string of the molecule is COC(/C=C/C1C(O)CC(O)[C@@H]1C/C=C\CCCC(=O)O)CCc1ccsc1C. The Balaban J connectivity index is 1.88. The van der Waals surface area contributed by atoms with Crippen LogP contribution in [-0.4, -0.2) is 46.7 Å². The molecule has 29 heavy (non-hydrogen) atoms. The van der Waals surface area contributed by atoms with E-state index < -0.39 is 18.2 Å². The van der Waals surface area contributed by atoms with Crippen molar-refractivity contribution in [2.24, 2.45) is 11.8 Å². The number of methoxy groups -OCH3 is 1. The van der Waals surface area contributed by atoms with Crippen molar-refractivity contribution in [2.45, 2.75) is 70.2 Å². The summed E-state index contributed by atoms with van der Waals surface area (Å²) < 4.78 is 5.60. The van der Waals surface area contributed by atoms with Crippen LogP contribution in [0.4, 0.5) is 0 Å². The van der Waals surface area contributed by atoms with E-state index in [1.54, 1.807) is 18.4 Å². The van der Waals surface area contributed by atoms with Gasteiger partial charge in [0.15, 0.2) is 0 Å². The van der Waals surface area contributed by atoms with Gasteiger partial charge in [0.05, 0.1) is 18.3 Å². The number of rotatable bonds is 12. The summed E-state index contributed by atoms with van der Waals surface area (Å²) in [7, 11) is 1.70. The Labute approximate surface area is 177 Å². The highest BCUT2D eigenvalue weighted by atomic mass is 32.1. The summed E-state index contributed by atoms with van der Waals surface area (Å²) in [5, 5.41) is 31.5. The molecule has 0 aliphatic heterocycles. The molecule has 0 aromatic carbocycles. The normalized spacial score (nSPS) is 25.9. The third-order valence-electron chi connectivity index (χ3n) is 5.77. The van der Waals surface area contributed by atoms with Crippen molar-refractivity contribution in [2.75, 3.05) is 7.11 Å². The fraction of sp³-hybridized carbons (Fsp3) is 0.609. The lowest BCUT2D eigenvalue weighted by Crippen LogP contribution is -2.20. The Morgan fingerprint density at radius 1 is 1.34 bits per heavy atom. The van der Waals surface area contributed by atoms with Crippen LogP contribution in [0, 0.1) is 18.8 Å². The van der Waals surface area contributed by atoms with Gasteiger partial charge >= 0.3 is 5.97 Å². The van der Waals surface area contributed by atoms with E-state index in [1.807, 2.05) is 24.3 Å². The van der Waals surface area contributed by atoms with Crippen LogP contribution in [0.25, 0.3) is 0 Å². The van der Waals surface area contributed by atoms with Gasteiger partial charge in [0.2, 0.25) is 0 Å². The van der Waals surface area contributed by atoms with Crippen molar-refractivity contribution in [3.8, 4) is 0 Å². The van der Waals surface area contributed by atoms with Crippen molar-refractivity contribution >= 4 is 17.3 Å². The Morgan fingerprint density at radius 3 is 2.79 bits per heavy atom. The second-order valence-electron chi connectivity index (χ2n) is 7.80. The maximum atomic E-state index is 10.5. The smallest absolute Gasteiger partial charge is 0.303 e. The zero-order chi connectivity index (χ0) is 21.2. The first-order valence-corrected chi connectivity index (χ1v) is 11.3. The van der Waals surface area contributed by atoms with Gasteiger partial charge in [-0.3, -0.25) is 4.79 Å². The zero-order valence-corrected chi connectivity index (χ0v) is 18.2. The maximum absolute atomic E-state index is 10.5. The Hall–Kier alpha value is -1.47. The van der Waals surface area contributed by atoms with E-state index in [4.69, 9.17) is 9.84 Å². The lowest BCUT2D eigenvalue weighted by Gasteiger charge is -2.20. The number of aliphatic hydroxyl groups excluding tert-OH is 2. The largest absolute Gasteiger partial charge is 0.481 e. The molecule has 5 atom stereocenters. The summed E-state index contributed by atoms with van der Waals surface area (Å²) in [5.74, 6) is -0.914. The maximum Gasteiger partial charge on any atom is 0.303 e. The molecule has 1 fully saturated rings. The van der Waals surface area contributed by atoms with E-state index in [0.717, 1.165) is 12.8 Å². The molecule has 0 radical (unpaired) electrons. The van der Waals surface area contributed by atoms with E-state index >= 15 is 0 Å². The molecule has 1 aromatic heterocycles. The van der Waals surface area contributed by atoms with E-state index in [9.17, 15) is 15.0 Å². The molecular weight excluding hydrogens is 388 g/mol. The molecule has 0 bridgehead atoms. The van der Waals surface area contributed by atoms with Crippen LogP contribution in [0.15, 0.2) is 35.8 Å². The molecule has 0 saturated heterocycles. The number of unbranched alkanes of at least 4 members (excludes halogenated alkanes) is 1. The van der Waals surface area contributed by atoms with E-state index in [2.05, 4.69) is 18.4 Å². The number of aryl methyl sites for hydroxylation is 2. The quantitative estimate of drug-likeness (QED) is 0.348. The number of carboxylic acids is 1. The number of thiophene rings is 1. The Morgan fingerprint density at radius 2 is 2.14 bits per heavy atom. The molecule has 6 heteroatoms. The van der Waals surface area contributed by atoms with Crippen LogP contribution in [-0.2, 0) is 16.0 Å². The zero-order valence-electron chi connectivity index (χ0n) is 17.4. The number of aliphatic hydroxyl groups is 2. The van der Waals surface area contributed by atoms with Crippen LogP contribution in [0.2, 0.25) is 0 Å². The molecule has 0 spiro atoms. The third-order valence-corrected chi connectivity index (χ3v) is 6.66. The van der Waals surface area contributed by atoms with Gasteiger partial charge in [-0.1, -0.05) is 24.3 Å². The van der Waals surface area contributed by atoms with Gasteiger partial charge in [0.25, 0.3) is 0 Å². The topological polar surface area (TPSA) is 87.0 Å². The summed E-state index contributed by atoms with van der Waals surface area (Å²) in [6, 6.07) is 2.16. The summed E-state index contributed by atoms with van der Waals surface area (Å²) in [5.41, 5.74) is 1.35. The fourth-order valence-corrected chi connectivity index (χ4v) is 4.72. The van der Waals surface area contributed by atoms with Crippen LogP contribution >= 0.6 is 11.3 Å². The van der Waals surface area contributed by atoms with Crippen molar-refractivity contribution in [1.82, 2.24) is 0 Å². The van der Waals surface area contributed by atoms with Crippen molar-refractivity contribution in [3.63, 3.8) is 0 Å².